The predicted octanol–water partition coefficient (Wildman–Crippen LogP) is 5.87. The molecule has 0 radical (unpaired) electrons. The predicted molar refractivity (Wildman–Crippen MR) is 102 cm³/mol. The third-order valence-corrected chi connectivity index (χ3v) is 2.99. The molecule has 2 rings (SSSR count). The second kappa shape index (κ2) is 14.8. The zero-order valence-electron chi connectivity index (χ0n) is 15.0. The molecule has 2 heteroatoms. The van der Waals surface area contributed by atoms with Crippen molar-refractivity contribution < 1.29 is 4.79 Å². The largest absolute Gasteiger partial charge is 0.328 e. The molecular weight excluding hydrogens is 282 g/mol. The minimum absolute atomic E-state index is 0.703. The molecule has 126 valence electrons. The van der Waals surface area contributed by atoms with Crippen LogP contribution in [0.1, 0.15) is 51.7 Å². The quantitative estimate of drug-likeness (QED) is 0.687. The van der Waals surface area contributed by atoms with Gasteiger partial charge in [-0.25, -0.2) is 0 Å². The Balaban J connectivity index is 0.000000365. The molecule has 0 aromatic heterocycles. The topological polar surface area (TPSA) is 29.1 Å². The molecule has 0 heterocycles. The lowest BCUT2D eigenvalue weighted by Crippen LogP contribution is -1.97. The number of amides is 1. The van der Waals surface area contributed by atoms with Crippen LogP contribution < -0.4 is 5.32 Å². The maximum absolute atomic E-state index is 10.1. The van der Waals surface area contributed by atoms with E-state index in [2.05, 4.69) is 63.3 Å². The van der Waals surface area contributed by atoms with Crippen LogP contribution in [0.2, 0.25) is 0 Å². The van der Waals surface area contributed by atoms with E-state index in [1.54, 1.807) is 0 Å². The summed E-state index contributed by atoms with van der Waals surface area (Å²) in [5, 5.41) is 2.65. The molecule has 0 fully saturated rings. The second-order valence-corrected chi connectivity index (χ2v) is 5.22. The monoisotopic (exact) mass is 313 g/mol. The van der Waals surface area contributed by atoms with Crippen molar-refractivity contribution in [3.05, 3.63) is 65.7 Å². The molecule has 0 unspecified atom stereocenters. The summed E-state index contributed by atoms with van der Waals surface area (Å²) in [5.41, 5.74) is 3.52. The molecule has 2 nitrogen and oxygen atoms in total. The molecular formula is C21H31NO. The standard InChI is InChI=1S/C9H11NO.C9H12.C3H8/c1-2-8-5-3-4-6-9(8)10-7-11;1-2-6-9-7-4-3-5-8-9;1-3-2/h3-7H,2H2,1H3,(H,10,11);3-5,7-8H,2,6H2,1H3;3H2,1-2H3. The molecule has 0 saturated carbocycles. The minimum Gasteiger partial charge on any atom is -0.328 e. The molecule has 0 saturated heterocycles. The average Bonchev–Trinajstić information content (AvgIpc) is 2.58. The van der Waals surface area contributed by atoms with Crippen molar-refractivity contribution >= 4 is 12.1 Å². The highest BCUT2D eigenvalue weighted by Gasteiger charge is 1.95. The van der Waals surface area contributed by atoms with Crippen LogP contribution in [0.3, 0.4) is 0 Å². The van der Waals surface area contributed by atoms with Crippen molar-refractivity contribution in [2.45, 2.75) is 53.4 Å². The maximum Gasteiger partial charge on any atom is 0.211 e. The third-order valence-electron chi connectivity index (χ3n) is 2.99. The number of benzene rings is 2. The summed E-state index contributed by atoms with van der Waals surface area (Å²) in [4.78, 5) is 10.1. The van der Waals surface area contributed by atoms with Crippen LogP contribution >= 0.6 is 0 Å². The molecule has 0 bridgehead atoms. The molecule has 23 heavy (non-hydrogen) atoms. The lowest BCUT2D eigenvalue weighted by molar-refractivity contribution is -0.105. The number of nitrogens with one attached hydrogen (secondary N) is 1. The summed E-state index contributed by atoms with van der Waals surface area (Å²) in [7, 11) is 0. The number of anilines is 1. The van der Waals surface area contributed by atoms with Crippen molar-refractivity contribution in [3.8, 4) is 0 Å². The fourth-order valence-electron chi connectivity index (χ4n) is 1.97. The van der Waals surface area contributed by atoms with Crippen LogP contribution in [-0.4, -0.2) is 6.41 Å². The first-order chi connectivity index (χ1) is 11.2. The average molecular weight is 313 g/mol. The number of para-hydroxylation sites is 1. The van der Waals surface area contributed by atoms with E-state index in [4.69, 9.17) is 0 Å². The molecule has 1 amide bonds. The SMILES string of the molecule is CCC.CCCc1ccccc1.CCc1ccccc1NC=O. The van der Waals surface area contributed by atoms with Crippen LogP contribution in [0.15, 0.2) is 54.6 Å². The van der Waals surface area contributed by atoms with Gasteiger partial charge >= 0.3 is 0 Å². The fraction of sp³-hybridized carbons (Fsp3) is 0.381. The second-order valence-electron chi connectivity index (χ2n) is 5.22. The van der Waals surface area contributed by atoms with E-state index in [0.29, 0.717) is 6.41 Å². The van der Waals surface area contributed by atoms with Crippen molar-refractivity contribution in [2.24, 2.45) is 0 Å². The zero-order chi connectivity index (χ0) is 17.3. The molecule has 1 N–H and O–H groups in total. The van der Waals surface area contributed by atoms with E-state index in [1.807, 2.05) is 24.3 Å². The summed E-state index contributed by atoms with van der Waals surface area (Å²) in [6, 6.07) is 18.3. The smallest absolute Gasteiger partial charge is 0.211 e. The summed E-state index contributed by atoms with van der Waals surface area (Å²) in [6.45, 7) is 8.51. The number of carbonyl (C=O) groups is 1. The van der Waals surface area contributed by atoms with Gasteiger partial charge in [0, 0.05) is 5.69 Å². The van der Waals surface area contributed by atoms with Gasteiger partial charge in [0.1, 0.15) is 0 Å². The van der Waals surface area contributed by atoms with Gasteiger partial charge in [0.15, 0.2) is 0 Å². The number of rotatable bonds is 5. The van der Waals surface area contributed by atoms with Crippen LogP contribution in [0, 0.1) is 0 Å². The Morgan fingerprint density at radius 3 is 1.96 bits per heavy atom. The van der Waals surface area contributed by atoms with Gasteiger partial charge in [0.2, 0.25) is 6.41 Å². The molecule has 0 aliphatic heterocycles. The van der Waals surface area contributed by atoms with E-state index in [0.717, 1.165) is 12.1 Å². The highest BCUT2D eigenvalue weighted by molar-refractivity contribution is 5.73. The van der Waals surface area contributed by atoms with Gasteiger partial charge in [-0.05, 0) is 30.0 Å². The molecule has 2 aromatic carbocycles. The molecule has 0 aliphatic rings. The Morgan fingerprint density at radius 2 is 1.43 bits per heavy atom. The van der Waals surface area contributed by atoms with Crippen LogP contribution in [0.4, 0.5) is 5.69 Å². The van der Waals surface area contributed by atoms with E-state index in [9.17, 15) is 4.79 Å². The highest BCUT2D eigenvalue weighted by atomic mass is 16.1. The number of carbonyl (C=O) groups excluding carboxylic acids is 1. The molecule has 0 spiro atoms. The summed E-state index contributed by atoms with van der Waals surface area (Å²) in [5.74, 6) is 0. The van der Waals surface area contributed by atoms with Gasteiger partial charge in [0.25, 0.3) is 0 Å². The van der Waals surface area contributed by atoms with Gasteiger partial charge in [-0.2, -0.15) is 0 Å². The van der Waals surface area contributed by atoms with E-state index in [-0.39, 0.29) is 0 Å². The lowest BCUT2D eigenvalue weighted by Gasteiger charge is -2.03. The Morgan fingerprint density at radius 1 is 0.870 bits per heavy atom. The highest BCUT2D eigenvalue weighted by Crippen LogP contribution is 2.13. The minimum atomic E-state index is 0.703. The lowest BCUT2D eigenvalue weighted by atomic mass is 10.1. The number of aryl methyl sites for hydroxylation is 2. The van der Waals surface area contributed by atoms with Gasteiger partial charge in [-0.15, -0.1) is 0 Å². The van der Waals surface area contributed by atoms with Crippen LogP contribution in [0.5, 0.6) is 0 Å². The van der Waals surface area contributed by atoms with Crippen molar-refractivity contribution in [1.82, 2.24) is 0 Å². The Labute approximate surface area is 141 Å². The van der Waals surface area contributed by atoms with E-state index >= 15 is 0 Å². The number of hydrogen-bond donors (Lipinski definition) is 1. The van der Waals surface area contributed by atoms with Gasteiger partial charge in [-0.1, -0.05) is 89.1 Å². The van der Waals surface area contributed by atoms with Crippen LogP contribution in [-0.2, 0) is 17.6 Å². The summed E-state index contributed by atoms with van der Waals surface area (Å²) < 4.78 is 0. The molecule has 0 atom stereocenters. The van der Waals surface area contributed by atoms with Gasteiger partial charge < -0.3 is 5.32 Å². The van der Waals surface area contributed by atoms with Crippen molar-refractivity contribution in [1.29, 1.82) is 0 Å². The first-order valence-electron chi connectivity index (χ1n) is 8.55. The number of hydrogen-bond acceptors (Lipinski definition) is 1. The molecule has 0 aliphatic carbocycles. The summed E-state index contributed by atoms with van der Waals surface area (Å²) in [6.07, 6.45) is 5.34. The first kappa shape index (κ1) is 20.9. The summed E-state index contributed by atoms with van der Waals surface area (Å²) >= 11 is 0. The van der Waals surface area contributed by atoms with Crippen molar-refractivity contribution in [3.63, 3.8) is 0 Å². The van der Waals surface area contributed by atoms with Gasteiger partial charge in [0.05, 0.1) is 0 Å². The fourth-order valence-corrected chi connectivity index (χ4v) is 1.97. The Kier molecular flexibility index (Phi) is 13.5. The zero-order valence-corrected chi connectivity index (χ0v) is 15.0. The third kappa shape index (κ3) is 10.3. The Hall–Kier alpha value is -2.09. The van der Waals surface area contributed by atoms with Crippen LogP contribution in [0.25, 0.3) is 0 Å². The normalized spacial score (nSPS) is 8.87. The van der Waals surface area contributed by atoms with Gasteiger partial charge in [-0.3, -0.25) is 4.79 Å². The Bertz CT molecular complexity index is 508. The first-order valence-corrected chi connectivity index (χ1v) is 8.55. The van der Waals surface area contributed by atoms with E-state index < -0.39 is 0 Å². The van der Waals surface area contributed by atoms with E-state index in [1.165, 1.54) is 30.4 Å². The maximum atomic E-state index is 10.1. The van der Waals surface area contributed by atoms with Crippen molar-refractivity contribution in [2.75, 3.05) is 5.32 Å². The molecule has 2 aromatic rings.